The zero-order valence-electron chi connectivity index (χ0n) is 13.0. The van der Waals surface area contributed by atoms with Crippen molar-refractivity contribution in [2.24, 2.45) is 5.92 Å². The van der Waals surface area contributed by atoms with Gasteiger partial charge in [-0.15, -0.1) is 0 Å². The van der Waals surface area contributed by atoms with Gasteiger partial charge in [0.25, 0.3) is 0 Å². The van der Waals surface area contributed by atoms with Gasteiger partial charge in [0.2, 0.25) is 0 Å². The van der Waals surface area contributed by atoms with Crippen LogP contribution in [0.3, 0.4) is 0 Å². The molecule has 3 rings (SSSR count). The van der Waals surface area contributed by atoms with E-state index in [1.54, 1.807) is 0 Å². The van der Waals surface area contributed by atoms with E-state index in [9.17, 15) is 0 Å². The highest BCUT2D eigenvalue weighted by Gasteiger charge is 2.27. The summed E-state index contributed by atoms with van der Waals surface area (Å²) in [5.74, 6) is 1.28. The van der Waals surface area contributed by atoms with Gasteiger partial charge >= 0.3 is 0 Å². The smallest absolute Gasteiger partial charge is 0.0524 e. The number of nitrogens with zero attached hydrogens (tertiary/aromatic N) is 2. The quantitative estimate of drug-likeness (QED) is 0.932. The number of rotatable bonds is 4. The average molecular weight is 283 g/mol. The highest BCUT2D eigenvalue weighted by molar-refractivity contribution is 5.20. The fourth-order valence-corrected chi connectivity index (χ4v) is 3.32. The Bertz CT molecular complexity index is 559. The van der Waals surface area contributed by atoms with Crippen LogP contribution in [0.25, 0.3) is 0 Å². The molecule has 0 amide bonds. The third-order valence-electron chi connectivity index (χ3n) is 4.53. The van der Waals surface area contributed by atoms with Gasteiger partial charge in [0, 0.05) is 12.2 Å². The first-order valence-corrected chi connectivity index (χ1v) is 8.02. The van der Waals surface area contributed by atoms with Crippen LogP contribution in [-0.4, -0.2) is 22.9 Å². The zero-order chi connectivity index (χ0) is 14.7. The van der Waals surface area contributed by atoms with Crippen LogP contribution in [0.4, 0.5) is 0 Å². The van der Waals surface area contributed by atoms with Crippen molar-refractivity contribution in [1.29, 1.82) is 0 Å². The molecule has 0 aliphatic carbocycles. The summed E-state index contributed by atoms with van der Waals surface area (Å²) >= 11 is 0. The van der Waals surface area contributed by atoms with Gasteiger partial charge in [-0.2, -0.15) is 5.10 Å². The van der Waals surface area contributed by atoms with Gasteiger partial charge in [-0.05, 0) is 62.7 Å². The fraction of sp³-hybridized carbons (Fsp3) is 0.500. The number of nitrogens with one attached hydrogen (secondary N) is 1. The van der Waals surface area contributed by atoms with E-state index in [0.29, 0.717) is 17.9 Å². The van der Waals surface area contributed by atoms with Gasteiger partial charge in [-0.3, -0.25) is 4.68 Å². The van der Waals surface area contributed by atoms with Crippen molar-refractivity contribution in [3.8, 4) is 0 Å². The minimum absolute atomic E-state index is 0.438. The molecule has 3 nitrogen and oxygen atoms in total. The largest absolute Gasteiger partial charge is 0.316 e. The molecule has 2 atom stereocenters. The summed E-state index contributed by atoms with van der Waals surface area (Å²) in [6, 6.07) is 11.3. The first kappa shape index (κ1) is 14.3. The van der Waals surface area contributed by atoms with Crippen molar-refractivity contribution in [1.82, 2.24) is 15.1 Å². The van der Waals surface area contributed by atoms with E-state index in [0.717, 1.165) is 19.5 Å². The highest BCUT2D eigenvalue weighted by atomic mass is 15.3. The van der Waals surface area contributed by atoms with E-state index < -0.39 is 0 Å². The van der Waals surface area contributed by atoms with Crippen LogP contribution >= 0.6 is 0 Å². The zero-order valence-corrected chi connectivity index (χ0v) is 13.0. The third-order valence-corrected chi connectivity index (χ3v) is 4.53. The molecule has 1 aliphatic rings. The standard InChI is InChI=1S/C18H25N3/c1-14(2)21-13-17(12-20-21)18-8-9-19-11-16(18)10-15-6-4-3-5-7-15/h3-7,12-14,16,18-19H,8-11H2,1-2H3. The Kier molecular flexibility index (Phi) is 4.39. The van der Waals surface area contributed by atoms with E-state index in [1.165, 1.54) is 17.5 Å². The monoisotopic (exact) mass is 283 g/mol. The second kappa shape index (κ2) is 6.44. The molecule has 0 saturated carbocycles. The summed E-state index contributed by atoms with van der Waals surface area (Å²) in [6.45, 7) is 6.58. The van der Waals surface area contributed by atoms with Gasteiger partial charge in [-0.1, -0.05) is 30.3 Å². The third kappa shape index (κ3) is 3.35. The molecule has 0 radical (unpaired) electrons. The molecule has 3 heteroatoms. The van der Waals surface area contributed by atoms with Gasteiger partial charge in [-0.25, -0.2) is 0 Å². The lowest BCUT2D eigenvalue weighted by Crippen LogP contribution is -2.36. The molecule has 1 N–H and O–H groups in total. The second-order valence-electron chi connectivity index (χ2n) is 6.40. The van der Waals surface area contributed by atoms with Crippen LogP contribution in [0.1, 0.15) is 43.4 Å². The Balaban J connectivity index is 1.77. The van der Waals surface area contributed by atoms with Gasteiger partial charge in [0.1, 0.15) is 0 Å². The molecule has 1 aliphatic heterocycles. The minimum atomic E-state index is 0.438. The number of piperidine rings is 1. The topological polar surface area (TPSA) is 29.9 Å². The van der Waals surface area contributed by atoms with Crippen LogP contribution in [-0.2, 0) is 6.42 Å². The molecule has 0 spiro atoms. The Morgan fingerprint density at radius 3 is 2.81 bits per heavy atom. The number of hydrogen-bond donors (Lipinski definition) is 1. The molecule has 1 aromatic carbocycles. The number of aromatic nitrogens is 2. The molecule has 2 heterocycles. The van der Waals surface area contributed by atoms with Crippen molar-refractivity contribution in [3.63, 3.8) is 0 Å². The first-order valence-electron chi connectivity index (χ1n) is 8.02. The molecular weight excluding hydrogens is 258 g/mol. The lowest BCUT2D eigenvalue weighted by Gasteiger charge is -2.32. The van der Waals surface area contributed by atoms with E-state index >= 15 is 0 Å². The maximum atomic E-state index is 4.53. The fourth-order valence-electron chi connectivity index (χ4n) is 3.32. The maximum absolute atomic E-state index is 4.53. The maximum Gasteiger partial charge on any atom is 0.0524 e. The van der Waals surface area contributed by atoms with Gasteiger partial charge in [0.05, 0.1) is 6.20 Å². The van der Waals surface area contributed by atoms with Crippen molar-refractivity contribution in [2.75, 3.05) is 13.1 Å². The molecule has 2 unspecified atom stereocenters. The predicted octanol–water partition coefficient (Wildman–Crippen LogP) is 3.40. The summed E-state index contributed by atoms with van der Waals surface area (Å²) in [6.07, 6.45) is 6.68. The van der Waals surface area contributed by atoms with Crippen molar-refractivity contribution < 1.29 is 0 Å². The van der Waals surface area contributed by atoms with E-state index in [2.05, 4.69) is 71.7 Å². The number of benzene rings is 1. The molecule has 2 aromatic rings. The van der Waals surface area contributed by atoms with Crippen LogP contribution in [0.5, 0.6) is 0 Å². The molecular formula is C18H25N3. The Morgan fingerprint density at radius 1 is 1.29 bits per heavy atom. The van der Waals surface area contributed by atoms with Crippen molar-refractivity contribution in [3.05, 3.63) is 53.9 Å². The van der Waals surface area contributed by atoms with E-state index in [1.807, 2.05) is 0 Å². The van der Waals surface area contributed by atoms with Gasteiger partial charge in [0.15, 0.2) is 0 Å². The first-order chi connectivity index (χ1) is 10.2. The summed E-state index contributed by atoms with van der Waals surface area (Å²) < 4.78 is 2.08. The summed E-state index contributed by atoms with van der Waals surface area (Å²) in [5, 5.41) is 8.09. The van der Waals surface area contributed by atoms with Crippen LogP contribution in [0.2, 0.25) is 0 Å². The van der Waals surface area contributed by atoms with Crippen LogP contribution < -0.4 is 5.32 Å². The molecule has 1 fully saturated rings. The van der Waals surface area contributed by atoms with E-state index in [4.69, 9.17) is 0 Å². The summed E-state index contributed by atoms with van der Waals surface area (Å²) in [5.41, 5.74) is 2.85. The highest BCUT2D eigenvalue weighted by Crippen LogP contribution is 2.32. The van der Waals surface area contributed by atoms with E-state index in [-0.39, 0.29) is 0 Å². The Morgan fingerprint density at radius 2 is 2.10 bits per heavy atom. The molecule has 1 aromatic heterocycles. The summed E-state index contributed by atoms with van der Waals surface area (Å²) in [4.78, 5) is 0. The SMILES string of the molecule is CC(C)n1cc(C2CCNCC2Cc2ccccc2)cn1. The lowest BCUT2D eigenvalue weighted by atomic mass is 9.79. The average Bonchev–Trinajstić information content (AvgIpc) is 2.99. The molecule has 1 saturated heterocycles. The summed E-state index contributed by atoms with van der Waals surface area (Å²) in [7, 11) is 0. The van der Waals surface area contributed by atoms with Crippen LogP contribution in [0.15, 0.2) is 42.7 Å². The normalized spacial score (nSPS) is 22.6. The molecule has 112 valence electrons. The van der Waals surface area contributed by atoms with Crippen molar-refractivity contribution >= 4 is 0 Å². The van der Waals surface area contributed by atoms with Gasteiger partial charge < -0.3 is 5.32 Å². The molecule has 0 bridgehead atoms. The minimum Gasteiger partial charge on any atom is -0.316 e. The Hall–Kier alpha value is -1.61. The predicted molar refractivity (Wildman–Crippen MR) is 86.5 cm³/mol. The number of hydrogen-bond acceptors (Lipinski definition) is 2. The van der Waals surface area contributed by atoms with Crippen LogP contribution in [0, 0.1) is 5.92 Å². The Labute approximate surface area is 127 Å². The molecule has 21 heavy (non-hydrogen) atoms. The second-order valence-corrected chi connectivity index (χ2v) is 6.40. The van der Waals surface area contributed by atoms with Crippen molar-refractivity contribution in [2.45, 2.75) is 38.6 Å². The lowest BCUT2D eigenvalue weighted by molar-refractivity contribution is 0.324.